The first-order valence-corrected chi connectivity index (χ1v) is 6.30. The lowest BCUT2D eigenvalue weighted by atomic mass is 9.88. The Morgan fingerprint density at radius 3 is 2.41 bits per heavy atom. The smallest absolute Gasteiger partial charge is 0.165 e. The Morgan fingerprint density at radius 1 is 1.24 bits per heavy atom. The van der Waals surface area contributed by atoms with Crippen LogP contribution in [0.3, 0.4) is 0 Å². The van der Waals surface area contributed by atoms with Crippen molar-refractivity contribution in [1.29, 1.82) is 0 Å². The van der Waals surface area contributed by atoms with Crippen molar-refractivity contribution in [3.63, 3.8) is 0 Å². The van der Waals surface area contributed by atoms with Gasteiger partial charge in [0.2, 0.25) is 0 Å². The molecule has 0 saturated heterocycles. The van der Waals surface area contributed by atoms with Gasteiger partial charge in [-0.1, -0.05) is 34.6 Å². The number of nitrogens with one attached hydrogen (secondary N) is 1. The van der Waals surface area contributed by atoms with E-state index in [0.717, 1.165) is 18.9 Å². The van der Waals surface area contributed by atoms with Gasteiger partial charge in [-0.25, -0.2) is 4.68 Å². The molecule has 98 valence electrons. The van der Waals surface area contributed by atoms with Crippen molar-refractivity contribution in [3.8, 4) is 0 Å². The highest BCUT2D eigenvalue weighted by Crippen LogP contribution is 2.29. The first-order chi connectivity index (χ1) is 7.82. The summed E-state index contributed by atoms with van der Waals surface area (Å²) < 4.78 is 1.92. The second-order valence-corrected chi connectivity index (χ2v) is 6.11. The van der Waals surface area contributed by atoms with Crippen molar-refractivity contribution < 1.29 is 0 Å². The van der Waals surface area contributed by atoms with Crippen molar-refractivity contribution in [2.24, 2.45) is 11.3 Å². The highest BCUT2D eigenvalue weighted by Gasteiger charge is 2.25. The Morgan fingerprint density at radius 2 is 1.88 bits per heavy atom. The fourth-order valence-electron chi connectivity index (χ4n) is 1.47. The van der Waals surface area contributed by atoms with Gasteiger partial charge in [0.15, 0.2) is 5.82 Å². The molecule has 0 radical (unpaired) electrons. The SMILES string of the molecule is CC(C)CNCc1nnnn1C(C)C(C)(C)C. The van der Waals surface area contributed by atoms with E-state index in [0.29, 0.717) is 5.92 Å². The van der Waals surface area contributed by atoms with Crippen LogP contribution in [0.4, 0.5) is 0 Å². The Labute approximate surface area is 104 Å². The predicted molar refractivity (Wildman–Crippen MR) is 68.5 cm³/mol. The van der Waals surface area contributed by atoms with E-state index in [1.54, 1.807) is 0 Å². The van der Waals surface area contributed by atoms with Gasteiger partial charge in [0.05, 0.1) is 12.6 Å². The molecule has 0 fully saturated rings. The number of hydrogen-bond acceptors (Lipinski definition) is 4. The molecular formula is C12H25N5. The largest absolute Gasteiger partial charge is 0.310 e. The van der Waals surface area contributed by atoms with Crippen molar-refractivity contribution in [2.75, 3.05) is 6.54 Å². The zero-order valence-corrected chi connectivity index (χ0v) is 11.9. The summed E-state index contributed by atoms with van der Waals surface area (Å²) in [6.45, 7) is 14.8. The zero-order valence-electron chi connectivity index (χ0n) is 11.9. The second-order valence-electron chi connectivity index (χ2n) is 6.11. The van der Waals surface area contributed by atoms with Gasteiger partial charge < -0.3 is 5.32 Å². The van der Waals surface area contributed by atoms with Crippen LogP contribution in [0.5, 0.6) is 0 Å². The third-order valence-electron chi connectivity index (χ3n) is 3.02. The van der Waals surface area contributed by atoms with E-state index in [4.69, 9.17) is 0 Å². The van der Waals surface area contributed by atoms with Crippen LogP contribution >= 0.6 is 0 Å². The summed E-state index contributed by atoms with van der Waals surface area (Å²) in [5.41, 5.74) is 0.155. The molecule has 1 aromatic heterocycles. The summed E-state index contributed by atoms with van der Waals surface area (Å²) in [6.07, 6.45) is 0. The van der Waals surface area contributed by atoms with Gasteiger partial charge in [0.1, 0.15) is 0 Å². The fourth-order valence-corrected chi connectivity index (χ4v) is 1.47. The van der Waals surface area contributed by atoms with Gasteiger partial charge in [-0.05, 0) is 35.2 Å². The maximum atomic E-state index is 4.10. The highest BCUT2D eigenvalue weighted by atomic mass is 15.6. The quantitative estimate of drug-likeness (QED) is 0.854. The van der Waals surface area contributed by atoms with E-state index in [1.807, 2.05) is 4.68 Å². The van der Waals surface area contributed by atoms with Gasteiger partial charge in [-0.3, -0.25) is 0 Å². The molecule has 0 aliphatic carbocycles. The molecule has 1 heterocycles. The molecule has 0 bridgehead atoms. The molecule has 0 aromatic carbocycles. The number of aromatic nitrogens is 4. The number of tetrazole rings is 1. The summed E-state index contributed by atoms with van der Waals surface area (Å²) in [6, 6.07) is 0.286. The van der Waals surface area contributed by atoms with Crippen LogP contribution in [0.25, 0.3) is 0 Å². The second kappa shape index (κ2) is 5.58. The third kappa shape index (κ3) is 4.07. The molecular weight excluding hydrogens is 214 g/mol. The van der Waals surface area contributed by atoms with Gasteiger partial charge >= 0.3 is 0 Å². The molecule has 0 saturated carbocycles. The van der Waals surface area contributed by atoms with Crippen molar-refractivity contribution in [2.45, 2.75) is 54.1 Å². The van der Waals surface area contributed by atoms with E-state index in [9.17, 15) is 0 Å². The molecule has 17 heavy (non-hydrogen) atoms. The first kappa shape index (κ1) is 14.1. The highest BCUT2D eigenvalue weighted by molar-refractivity contribution is 4.86. The van der Waals surface area contributed by atoms with E-state index in [2.05, 4.69) is 62.4 Å². The molecule has 1 rings (SSSR count). The molecule has 5 heteroatoms. The maximum Gasteiger partial charge on any atom is 0.165 e. The molecule has 1 unspecified atom stereocenters. The average molecular weight is 239 g/mol. The lowest BCUT2D eigenvalue weighted by Gasteiger charge is -2.27. The maximum absolute atomic E-state index is 4.10. The normalized spacial score (nSPS) is 14.3. The van der Waals surface area contributed by atoms with Crippen LogP contribution in [0.1, 0.15) is 53.4 Å². The van der Waals surface area contributed by atoms with Gasteiger partial charge in [-0.15, -0.1) is 5.10 Å². The average Bonchev–Trinajstić information content (AvgIpc) is 2.62. The Bertz CT molecular complexity index is 337. The minimum Gasteiger partial charge on any atom is -0.310 e. The molecule has 0 aliphatic rings. The summed E-state index contributed by atoms with van der Waals surface area (Å²) >= 11 is 0. The van der Waals surface area contributed by atoms with E-state index >= 15 is 0 Å². The molecule has 5 nitrogen and oxygen atoms in total. The van der Waals surface area contributed by atoms with Crippen LogP contribution in [-0.2, 0) is 6.54 Å². The third-order valence-corrected chi connectivity index (χ3v) is 3.02. The monoisotopic (exact) mass is 239 g/mol. The van der Waals surface area contributed by atoms with Gasteiger partial charge in [0.25, 0.3) is 0 Å². The van der Waals surface area contributed by atoms with Crippen molar-refractivity contribution >= 4 is 0 Å². The number of rotatable bonds is 5. The van der Waals surface area contributed by atoms with Crippen molar-refractivity contribution in [1.82, 2.24) is 25.5 Å². The van der Waals surface area contributed by atoms with E-state index < -0.39 is 0 Å². The first-order valence-electron chi connectivity index (χ1n) is 6.30. The van der Waals surface area contributed by atoms with Crippen LogP contribution in [0.15, 0.2) is 0 Å². The van der Waals surface area contributed by atoms with Gasteiger partial charge in [-0.2, -0.15) is 0 Å². The number of hydrogen-bond donors (Lipinski definition) is 1. The Balaban J connectivity index is 2.66. The number of nitrogens with zero attached hydrogens (tertiary/aromatic N) is 4. The van der Waals surface area contributed by atoms with E-state index in [-0.39, 0.29) is 11.5 Å². The van der Waals surface area contributed by atoms with Crippen LogP contribution in [0.2, 0.25) is 0 Å². The van der Waals surface area contributed by atoms with E-state index in [1.165, 1.54) is 0 Å². The molecule has 1 N–H and O–H groups in total. The molecule has 0 amide bonds. The molecule has 0 aliphatic heterocycles. The minimum atomic E-state index is 0.155. The van der Waals surface area contributed by atoms with Crippen LogP contribution in [-0.4, -0.2) is 26.8 Å². The lowest BCUT2D eigenvalue weighted by molar-refractivity contribution is 0.235. The summed E-state index contributed by atoms with van der Waals surface area (Å²) in [7, 11) is 0. The Hall–Kier alpha value is -0.970. The molecule has 1 atom stereocenters. The topological polar surface area (TPSA) is 55.6 Å². The summed E-state index contributed by atoms with van der Waals surface area (Å²) in [4.78, 5) is 0. The minimum absolute atomic E-state index is 0.155. The van der Waals surface area contributed by atoms with Gasteiger partial charge in [0, 0.05) is 0 Å². The summed E-state index contributed by atoms with van der Waals surface area (Å²) in [5, 5.41) is 15.3. The van der Waals surface area contributed by atoms with Crippen LogP contribution in [0, 0.1) is 11.3 Å². The summed E-state index contributed by atoms with van der Waals surface area (Å²) in [5.74, 6) is 1.55. The van der Waals surface area contributed by atoms with Crippen LogP contribution < -0.4 is 5.32 Å². The van der Waals surface area contributed by atoms with Crippen molar-refractivity contribution in [3.05, 3.63) is 5.82 Å². The Kier molecular flexibility index (Phi) is 4.62. The molecule has 1 aromatic rings. The molecule has 0 spiro atoms. The zero-order chi connectivity index (χ0) is 13.1. The fraction of sp³-hybridized carbons (Fsp3) is 0.917. The standard InChI is InChI=1S/C12H25N5/c1-9(2)7-13-8-11-14-15-16-17(11)10(3)12(4,5)6/h9-10,13H,7-8H2,1-6H3. The predicted octanol–water partition coefficient (Wildman–Crippen LogP) is 2.03. The lowest BCUT2D eigenvalue weighted by Crippen LogP contribution is -2.27.